The zero-order valence-corrected chi connectivity index (χ0v) is 15.8. The molecule has 134 valence electrons. The Labute approximate surface area is 147 Å². The summed E-state index contributed by atoms with van der Waals surface area (Å²) in [5.41, 5.74) is -0.262. The molecule has 0 saturated carbocycles. The zero-order valence-electron chi connectivity index (χ0n) is 15.0. The summed E-state index contributed by atoms with van der Waals surface area (Å²) in [6.45, 7) is 10.5. The van der Waals surface area contributed by atoms with Crippen LogP contribution in [0.4, 0.5) is 10.5 Å². The lowest BCUT2D eigenvalue weighted by Crippen LogP contribution is -2.59. The van der Waals surface area contributed by atoms with E-state index in [1.165, 1.54) is 4.68 Å². The molecule has 0 radical (unpaired) electrons. The number of rotatable bonds is 1. The molecule has 0 N–H and O–H groups in total. The summed E-state index contributed by atoms with van der Waals surface area (Å²) >= 11 is 6.21. The van der Waals surface area contributed by atoms with Gasteiger partial charge in [0.25, 0.3) is 5.56 Å². The number of halogens is 1. The van der Waals surface area contributed by atoms with E-state index in [2.05, 4.69) is 5.10 Å². The summed E-state index contributed by atoms with van der Waals surface area (Å²) in [7, 11) is 1.56. The van der Waals surface area contributed by atoms with E-state index in [1.807, 2.05) is 39.5 Å². The molecule has 1 saturated heterocycles. The fourth-order valence-electron chi connectivity index (χ4n) is 2.74. The van der Waals surface area contributed by atoms with Gasteiger partial charge in [-0.3, -0.25) is 4.79 Å². The number of carbonyl (C=O) groups is 1. The van der Waals surface area contributed by atoms with Crippen LogP contribution in [0.2, 0.25) is 5.02 Å². The molecule has 0 aromatic carbocycles. The third-order valence-corrected chi connectivity index (χ3v) is 4.34. The molecule has 0 spiro atoms. The van der Waals surface area contributed by atoms with Gasteiger partial charge in [-0.15, -0.1) is 0 Å². The first-order valence-electron chi connectivity index (χ1n) is 7.99. The van der Waals surface area contributed by atoms with Crippen molar-refractivity contribution in [3.8, 4) is 0 Å². The first kappa shape index (κ1) is 18.6. The molecule has 2 atom stereocenters. The van der Waals surface area contributed by atoms with E-state index < -0.39 is 5.60 Å². The van der Waals surface area contributed by atoms with Gasteiger partial charge in [0, 0.05) is 32.2 Å². The average Bonchev–Trinajstić information content (AvgIpc) is 2.45. The molecule has 0 bridgehead atoms. The molecule has 7 nitrogen and oxygen atoms in total. The third-order valence-electron chi connectivity index (χ3n) is 3.98. The highest BCUT2D eigenvalue weighted by atomic mass is 35.5. The standard InChI is InChI=1S/C16H25ClN4O3/c1-10-9-21(15(23)24-16(3,4)5)11(2)8-20(10)12-7-18-19(6)14(22)13(12)17/h7,10-11H,8-9H2,1-6H3/t10-,11+/m1/s1. The van der Waals surface area contributed by atoms with E-state index >= 15 is 0 Å². The monoisotopic (exact) mass is 356 g/mol. The maximum atomic E-state index is 12.4. The Kier molecular flexibility index (Phi) is 5.13. The van der Waals surface area contributed by atoms with Crippen LogP contribution in [0, 0.1) is 0 Å². The van der Waals surface area contributed by atoms with Crippen molar-refractivity contribution in [1.82, 2.24) is 14.7 Å². The van der Waals surface area contributed by atoms with Crippen molar-refractivity contribution < 1.29 is 9.53 Å². The van der Waals surface area contributed by atoms with Crippen molar-refractivity contribution in [2.24, 2.45) is 7.05 Å². The summed E-state index contributed by atoms with van der Waals surface area (Å²) in [6, 6.07) is -0.0868. The number of ether oxygens (including phenoxy) is 1. The van der Waals surface area contributed by atoms with Gasteiger partial charge in [0.1, 0.15) is 10.6 Å². The number of amides is 1. The maximum absolute atomic E-state index is 12.4. The normalized spacial score (nSPS) is 21.8. The van der Waals surface area contributed by atoms with Gasteiger partial charge in [0.05, 0.1) is 11.9 Å². The Bertz CT molecular complexity index is 683. The van der Waals surface area contributed by atoms with Crippen LogP contribution in [0.25, 0.3) is 0 Å². The van der Waals surface area contributed by atoms with E-state index in [0.717, 1.165) is 0 Å². The molecule has 2 heterocycles. The predicted molar refractivity (Wildman–Crippen MR) is 93.7 cm³/mol. The molecule has 1 amide bonds. The predicted octanol–water partition coefficient (Wildman–Crippen LogP) is 2.27. The second kappa shape index (κ2) is 6.63. The maximum Gasteiger partial charge on any atom is 0.410 e. The van der Waals surface area contributed by atoms with Crippen LogP contribution in [-0.2, 0) is 11.8 Å². The Morgan fingerprint density at radius 1 is 1.29 bits per heavy atom. The van der Waals surface area contributed by atoms with E-state index in [4.69, 9.17) is 16.3 Å². The smallest absolute Gasteiger partial charge is 0.410 e. The molecule has 1 aromatic rings. The van der Waals surface area contributed by atoms with Crippen molar-refractivity contribution in [2.75, 3.05) is 18.0 Å². The first-order valence-corrected chi connectivity index (χ1v) is 8.37. The minimum atomic E-state index is -0.532. The van der Waals surface area contributed by atoms with E-state index in [0.29, 0.717) is 18.8 Å². The highest BCUT2D eigenvalue weighted by Gasteiger charge is 2.35. The first-order chi connectivity index (χ1) is 11.0. The van der Waals surface area contributed by atoms with Crippen LogP contribution in [0.15, 0.2) is 11.0 Å². The molecule has 1 aliphatic heterocycles. The number of aromatic nitrogens is 2. The van der Waals surface area contributed by atoms with Gasteiger partial charge >= 0.3 is 6.09 Å². The van der Waals surface area contributed by atoms with E-state index in [9.17, 15) is 9.59 Å². The van der Waals surface area contributed by atoms with Gasteiger partial charge in [-0.2, -0.15) is 5.10 Å². The zero-order chi connectivity index (χ0) is 18.2. The Morgan fingerprint density at radius 2 is 1.92 bits per heavy atom. The summed E-state index contributed by atoms with van der Waals surface area (Å²) in [6.07, 6.45) is 1.27. The minimum Gasteiger partial charge on any atom is -0.444 e. The van der Waals surface area contributed by atoms with Crippen LogP contribution in [0.1, 0.15) is 34.6 Å². The second-order valence-corrected chi connectivity index (χ2v) is 7.63. The van der Waals surface area contributed by atoms with E-state index in [1.54, 1.807) is 18.1 Å². The fraction of sp³-hybridized carbons (Fsp3) is 0.688. The average molecular weight is 357 g/mol. The molecule has 1 aliphatic rings. The lowest BCUT2D eigenvalue weighted by atomic mass is 10.1. The molecule has 0 aliphatic carbocycles. The van der Waals surface area contributed by atoms with Crippen LogP contribution in [0.3, 0.4) is 0 Å². The van der Waals surface area contributed by atoms with Gasteiger partial charge in [0.2, 0.25) is 0 Å². The molecular weight excluding hydrogens is 332 g/mol. The van der Waals surface area contributed by atoms with Crippen molar-refractivity contribution in [3.05, 3.63) is 21.6 Å². The van der Waals surface area contributed by atoms with Crippen LogP contribution < -0.4 is 10.5 Å². The lowest BCUT2D eigenvalue weighted by molar-refractivity contribution is 0.0130. The number of aryl methyl sites for hydroxylation is 1. The Balaban J connectivity index is 2.21. The van der Waals surface area contributed by atoms with Crippen molar-refractivity contribution >= 4 is 23.4 Å². The summed E-state index contributed by atoms with van der Waals surface area (Å²) in [5, 5.41) is 4.20. The molecular formula is C16H25ClN4O3. The van der Waals surface area contributed by atoms with Crippen LogP contribution >= 0.6 is 11.6 Å². The Morgan fingerprint density at radius 3 is 2.50 bits per heavy atom. The molecule has 24 heavy (non-hydrogen) atoms. The quantitative estimate of drug-likeness (QED) is 0.772. The summed E-state index contributed by atoms with van der Waals surface area (Å²) < 4.78 is 6.68. The molecule has 2 rings (SSSR count). The number of hydrogen-bond donors (Lipinski definition) is 0. The number of hydrogen-bond acceptors (Lipinski definition) is 5. The number of nitrogens with zero attached hydrogens (tertiary/aromatic N) is 4. The SMILES string of the molecule is C[C@@H]1CN(C(=O)OC(C)(C)C)[C@@H](C)CN1c1cnn(C)c(=O)c1Cl. The van der Waals surface area contributed by atoms with Crippen molar-refractivity contribution in [1.29, 1.82) is 0 Å². The molecule has 8 heteroatoms. The number of carbonyl (C=O) groups excluding carboxylic acids is 1. The molecule has 1 fully saturated rings. The molecule has 1 aromatic heterocycles. The topological polar surface area (TPSA) is 67.7 Å². The van der Waals surface area contributed by atoms with Gasteiger partial charge in [-0.1, -0.05) is 11.6 Å². The van der Waals surface area contributed by atoms with Crippen LogP contribution in [0.5, 0.6) is 0 Å². The number of anilines is 1. The number of piperazine rings is 1. The third kappa shape index (κ3) is 3.83. The van der Waals surface area contributed by atoms with Gasteiger partial charge in [-0.05, 0) is 34.6 Å². The largest absolute Gasteiger partial charge is 0.444 e. The van der Waals surface area contributed by atoms with E-state index in [-0.39, 0.29) is 28.8 Å². The second-order valence-electron chi connectivity index (χ2n) is 7.26. The van der Waals surface area contributed by atoms with Crippen molar-refractivity contribution in [3.63, 3.8) is 0 Å². The minimum absolute atomic E-state index is 0.0138. The molecule has 0 unspecified atom stereocenters. The van der Waals surface area contributed by atoms with Gasteiger partial charge < -0.3 is 14.5 Å². The van der Waals surface area contributed by atoms with Gasteiger partial charge in [-0.25, -0.2) is 9.48 Å². The highest BCUT2D eigenvalue weighted by Crippen LogP contribution is 2.28. The summed E-state index contributed by atoms with van der Waals surface area (Å²) in [5.74, 6) is 0. The van der Waals surface area contributed by atoms with Gasteiger partial charge in [0.15, 0.2) is 0 Å². The van der Waals surface area contributed by atoms with Crippen molar-refractivity contribution in [2.45, 2.75) is 52.3 Å². The Hall–Kier alpha value is -1.76. The summed E-state index contributed by atoms with van der Waals surface area (Å²) in [4.78, 5) is 28.1. The lowest BCUT2D eigenvalue weighted by Gasteiger charge is -2.45. The highest BCUT2D eigenvalue weighted by molar-refractivity contribution is 6.33. The fourth-order valence-corrected chi connectivity index (χ4v) is 3.02. The van der Waals surface area contributed by atoms with Crippen LogP contribution in [-0.4, -0.2) is 51.5 Å².